The van der Waals surface area contributed by atoms with Gasteiger partial charge in [0.1, 0.15) is 0 Å². The highest BCUT2D eigenvalue weighted by molar-refractivity contribution is 6.36. The second-order valence-electron chi connectivity index (χ2n) is 4.71. The van der Waals surface area contributed by atoms with Crippen molar-refractivity contribution in [1.29, 1.82) is 0 Å². The first kappa shape index (κ1) is 14.5. The van der Waals surface area contributed by atoms with Crippen LogP contribution in [-0.4, -0.2) is 0 Å². The van der Waals surface area contributed by atoms with E-state index in [2.05, 4.69) is 24.3 Å². The maximum atomic E-state index is 6.24. The third-order valence-corrected chi connectivity index (χ3v) is 4.10. The first-order valence-corrected chi connectivity index (χ1v) is 7.58. The molecule has 3 heteroatoms. The van der Waals surface area contributed by atoms with Crippen molar-refractivity contribution in [3.05, 3.63) is 81.8 Å². The van der Waals surface area contributed by atoms with Gasteiger partial charge in [-0.2, -0.15) is 0 Å². The fourth-order valence-corrected chi connectivity index (χ4v) is 2.85. The smallest absolute Gasteiger partial charge is 0.0499 e. The van der Waals surface area contributed by atoms with Crippen LogP contribution in [0.3, 0.4) is 0 Å². The lowest BCUT2D eigenvalue weighted by Gasteiger charge is -2.07. The first-order valence-electron chi connectivity index (χ1n) is 6.45. The Morgan fingerprint density at radius 2 is 0.952 bits per heavy atom. The molecule has 0 saturated heterocycles. The summed E-state index contributed by atoms with van der Waals surface area (Å²) in [6.07, 6.45) is 0. The summed E-state index contributed by atoms with van der Waals surface area (Å²) < 4.78 is 0. The number of hydrogen-bond donors (Lipinski definition) is 0. The van der Waals surface area contributed by atoms with E-state index in [4.69, 9.17) is 34.8 Å². The minimum atomic E-state index is 0.640. The van der Waals surface area contributed by atoms with E-state index in [0.717, 1.165) is 27.3 Å². The maximum Gasteiger partial charge on any atom is 0.0499 e. The lowest BCUT2D eigenvalue weighted by atomic mass is 10.0. The number of halogens is 3. The lowest BCUT2D eigenvalue weighted by molar-refractivity contribution is 1.59. The van der Waals surface area contributed by atoms with E-state index in [1.807, 2.05) is 36.4 Å². The highest BCUT2D eigenvalue weighted by Crippen LogP contribution is 2.32. The van der Waals surface area contributed by atoms with E-state index in [-0.39, 0.29) is 0 Å². The van der Waals surface area contributed by atoms with E-state index in [0.29, 0.717) is 10.0 Å². The zero-order chi connectivity index (χ0) is 14.8. The molecule has 3 aromatic carbocycles. The highest BCUT2D eigenvalue weighted by Gasteiger charge is 2.05. The van der Waals surface area contributed by atoms with Crippen LogP contribution in [-0.2, 0) is 0 Å². The van der Waals surface area contributed by atoms with Crippen molar-refractivity contribution in [2.75, 3.05) is 0 Å². The van der Waals surface area contributed by atoms with E-state index >= 15 is 0 Å². The highest BCUT2D eigenvalue weighted by atomic mass is 35.5. The molecule has 3 aromatic rings. The molecular formula is C18H11Cl3. The van der Waals surface area contributed by atoms with Crippen molar-refractivity contribution in [3.8, 4) is 22.3 Å². The minimum Gasteiger partial charge on any atom is -0.0843 e. The predicted octanol–water partition coefficient (Wildman–Crippen LogP) is 6.98. The molecule has 0 N–H and O–H groups in total. The molecule has 0 atom stereocenters. The molecule has 104 valence electrons. The van der Waals surface area contributed by atoms with Gasteiger partial charge in [-0.1, -0.05) is 77.3 Å². The SMILES string of the molecule is Clc1ccc(-c2ccc(-c3ccc(Cl)cc3Cl)cc2)cc1. The summed E-state index contributed by atoms with van der Waals surface area (Å²) in [5.74, 6) is 0. The zero-order valence-electron chi connectivity index (χ0n) is 11.0. The molecule has 0 amide bonds. The Bertz CT molecular complexity index is 759. The molecule has 0 radical (unpaired) electrons. The van der Waals surface area contributed by atoms with Crippen molar-refractivity contribution in [3.63, 3.8) is 0 Å². The largest absolute Gasteiger partial charge is 0.0843 e. The molecule has 0 aliphatic heterocycles. The zero-order valence-corrected chi connectivity index (χ0v) is 13.3. The molecule has 0 aromatic heterocycles. The van der Waals surface area contributed by atoms with Crippen LogP contribution in [0.15, 0.2) is 66.7 Å². The van der Waals surface area contributed by atoms with Crippen LogP contribution in [0.25, 0.3) is 22.3 Å². The van der Waals surface area contributed by atoms with Crippen LogP contribution in [0.5, 0.6) is 0 Å². The summed E-state index contributed by atoms with van der Waals surface area (Å²) in [6.45, 7) is 0. The molecule has 0 nitrogen and oxygen atoms in total. The second-order valence-corrected chi connectivity index (χ2v) is 5.99. The Morgan fingerprint density at radius 3 is 1.52 bits per heavy atom. The molecule has 0 heterocycles. The Hall–Kier alpha value is -1.47. The fraction of sp³-hybridized carbons (Fsp3) is 0. The lowest BCUT2D eigenvalue weighted by Crippen LogP contribution is -1.82. The molecule has 0 saturated carbocycles. The Labute approximate surface area is 138 Å². The topological polar surface area (TPSA) is 0 Å². The molecule has 0 aliphatic carbocycles. The molecule has 0 unspecified atom stereocenters. The van der Waals surface area contributed by atoms with Crippen LogP contribution in [0.2, 0.25) is 15.1 Å². The van der Waals surface area contributed by atoms with Crippen LogP contribution < -0.4 is 0 Å². The van der Waals surface area contributed by atoms with Crippen molar-refractivity contribution in [2.45, 2.75) is 0 Å². The normalized spacial score (nSPS) is 10.6. The molecule has 0 aliphatic rings. The summed E-state index contributed by atoms with van der Waals surface area (Å²) >= 11 is 18.1. The third kappa shape index (κ3) is 3.24. The molecule has 0 bridgehead atoms. The van der Waals surface area contributed by atoms with E-state index in [9.17, 15) is 0 Å². The summed E-state index contributed by atoms with van der Waals surface area (Å²) in [4.78, 5) is 0. The van der Waals surface area contributed by atoms with E-state index < -0.39 is 0 Å². The predicted molar refractivity (Wildman–Crippen MR) is 92.3 cm³/mol. The fourth-order valence-electron chi connectivity index (χ4n) is 2.21. The monoisotopic (exact) mass is 332 g/mol. The maximum absolute atomic E-state index is 6.24. The molecule has 0 fully saturated rings. The van der Waals surface area contributed by atoms with Crippen LogP contribution in [0.4, 0.5) is 0 Å². The average molecular weight is 334 g/mol. The van der Waals surface area contributed by atoms with Gasteiger partial charge in [-0.25, -0.2) is 0 Å². The first-order chi connectivity index (χ1) is 10.1. The Balaban J connectivity index is 1.95. The van der Waals surface area contributed by atoms with Crippen LogP contribution >= 0.6 is 34.8 Å². The van der Waals surface area contributed by atoms with Gasteiger partial charge in [0, 0.05) is 20.6 Å². The van der Waals surface area contributed by atoms with Gasteiger partial charge in [0.05, 0.1) is 0 Å². The van der Waals surface area contributed by atoms with Gasteiger partial charge in [0.25, 0.3) is 0 Å². The van der Waals surface area contributed by atoms with Gasteiger partial charge in [0.2, 0.25) is 0 Å². The number of benzene rings is 3. The Kier molecular flexibility index (Phi) is 4.21. The van der Waals surface area contributed by atoms with Crippen molar-refractivity contribution in [1.82, 2.24) is 0 Å². The van der Waals surface area contributed by atoms with Crippen molar-refractivity contribution >= 4 is 34.8 Å². The quantitative estimate of drug-likeness (QED) is 0.474. The third-order valence-electron chi connectivity index (χ3n) is 3.30. The summed E-state index contributed by atoms with van der Waals surface area (Å²) in [7, 11) is 0. The minimum absolute atomic E-state index is 0.640. The molecule has 0 spiro atoms. The van der Waals surface area contributed by atoms with Gasteiger partial charge in [-0.3, -0.25) is 0 Å². The summed E-state index contributed by atoms with van der Waals surface area (Å²) in [5.41, 5.74) is 4.31. The van der Waals surface area contributed by atoms with Crippen LogP contribution in [0.1, 0.15) is 0 Å². The number of hydrogen-bond acceptors (Lipinski definition) is 0. The van der Waals surface area contributed by atoms with Gasteiger partial charge >= 0.3 is 0 Å². The van der Waals surface area contributed by atoms with Gasteiger partial charge in [-0.15, -0.1) is 0 Å². The van der Waals surface area contributed by atoms with Crippen molar-refractivity contribution in [2.24, 2.45) is 0 Å². The van der Waals surface area contributed by atoms with E-state index in [1.165, 1.54) is 0 Å². The van der Waals surface area contributed by atoms with Crippen LogP contribution in [0, 0.1) is 0 Å². The standard InChI is InChI=1S/C18H11Cl3/c19-15-7-5-13(6-8-15)12-1-3-14(4-2-12)17-10-9-16(20)11-18(17)21/h1-11H. The number of rotatable bonds is 2. The van der Waals surface area contributed by atoms with E-state index in [1.54, 1.807) is 6.07 Å². The molecular weight excluding hydrogens is 323 g/mol. The Morgan fingerprint density at radius 1 is 0.476 bits per heavy atom. The average Bonchev–Trinajstić information content (AvgIpc) is 2.48. The van der Waals surface area contributed by atoms with Gasteiger partial charge < -0.3 is 0 Å². The van der Waals surface area contributed by atoms with Gasteiger partial charge in [0.15, 0.2) is 0 Å². The summed E-state index contributed by atoms with van der Waals surface area (Å²) in [5, 5.41) is 2.03. The second kappa shape index (κ2) is 6.11. The van der Waals surface area contributed by atoms with Gasteiger partial charge in [-0.05, 0) is 41.0 Å². The van der Waals surface area contributed by atoms with Crippen molar-refractivity contribution < 1.29 is 0 Å². The molecule has 3 rings (SSSR count). The summed E-state index contributed by atoms with van der Waals surface area (Å²) in [6, 6.07) is 21.6. The molecule has 21 heavy (non-hydrogen) atoms.